The first-order chi connectivity index (χ1) is 9.10. The second-order valence-electron chi connectivity index (χ2n) is 4.45. The minimum Gasteiger partial charge on any atom is -0.455 e. The third-order valence-corrected chi connectivity index (χ3v) is 3.44. The van der Waals surface area contributed by atoms with Crippen molar-refractivity contribution < 1.29 is 4.74 Å². The first-order valence-corrected chi connectivity index (χ1v) is 7.05. The highest BCUT2D eigenvalue weighted by Gasteiger charge is 2.06. The lowest BCUT2D eigenvalue weighted by Gasteiger charge is -2.11. The molecule has 0 aliphatic carbocycles. The van der Waals surface area contributed by atoms with Gasteiger partial charge in [-0.15, -0.1) is 0 Å². The van der Waals surface area contributed by atoms with E-state index in [0.717, 1.165) is 33.6 Å². The van der Waals surface area contributed by atoms with Gasteiger partial charge in [-0.05, 0) is 49.2 Å². The molecule has 0 fully saturated rings. The van der Waals surface area contributed by atoms with Gasteiger partial charge >= 0.3 is 0 Å². The highest BCUT2D eigenvalue weighted by molar-refractivity contribution is 9.10. The molecule has 1 aromatic heterocycles. The van der Waals surface area contributed by atoms with Gasteiger partial charge in [0.25, 0.3) is 0 Å². The Labute approximate surface area is 121 Å². The third-order valence-electron chi connectivity index (χ3n) is 2.94. The summed E-state index contributed by atoms with van der Waals surface area (Å²) in [4.78, 5) is 4.33. The van der Waals surface area contributed by atoms with E-state index in [-0.39, 0.29) is 6.04 Å². The molecule has 2 rings (SSSR count). The quantitative estimate of drug-likeness (QED) is 0.910. The number of nitrogens with zero attached hydrogens (tertiary/aromatic N) is 1. The van der Waals surface area contributed by atoms with E-state index in [4.69, 9.17) is 10.5 Å². The van der Waals surface area contributed by atoms with Crippen LogP contribution in [0.1, 0.15) is 30.6 Å². The molecule has 4 heteroatoms. The highest BCUT2D eigenvalue weighted by Crippen LogP contribution is 2.27. The molecule has 0 saturated carbocycles. The fourth-order valence-electron chi connectivity index (χ4n) is 1.73. The van der Waals surface area contributed by atoms with E-state index in [9.17, 15) is 0 Å². The van der Waals surface area contributed by atoms with E-state index >= 15 is 0 Å². The Bertz CT molecular complexity index is 555. The van der Waals surface area contributed by atoms with Crippen LogP contribution < -0.4 is 10.5 Å². The number of nitrogens with two attached hydrogens (primary N) is 1. The number of hydrogen-bond donors (Lipinski definition) is 1. The number of ether oxygens (including phenoxy) is 1. The molecule has 0 radical (unpaired) electrons. The lowest BCUT2D eigenvalue weighted by atomic mass is 10.1. The van der Waals surface area contributed by atoms with Crippen molar-refractivity contribution in [3.05, 3.63) is 52.3 Å². The van der Waals surface area contributed by atoms with Crippen LogP contribution in [0.2, 0.25) is 0 Å². The topological polar surface area (TPSA) is 48.1 Å². The summed E-state index contributed by atoms with van der Waals surface area (Å²) < 4.78 is 6.85. The zero-order chi connectivity index (χ0) is 13.8. The number of rotatable bonds is 4. The fourth-order valence-corrected chi connectivity index (χ4v) is 2.21. The Hall–Kier alpha value is -1.39. The number of aromatic nitrogens is 1. The van der Waals surface area contributed by atoms with Crippen LogP contribution in [0.15, 0.2) is 41.0 Å². The van der Waals surface area contributed by atoms with Crippen LogP contribution in [0.3, 0.4) is 0 Å². The van der Waals surface area contributed by atoms with Gasteiger partial charge in [-0.2, -0.15) is 0 Å². The van der Waals surface area contributed by atoms with Crippen LogP contribution in [0.5, 0.6) is 11.5 Å². The molecule has 2 aromatic rings. The molecule has 19 heavy (non-hydrogen) atoms. The predicted octanol–water partition coefficient (Wildman–Crippen LogP) is 4.35. The molecule has 100 valence electrons. The first kappa shape index (κ1) is 14.0. The van der Waals surface area contributed by atoms with Crippen molar-refractivity contribution in [1.82, 2.24) is 4.98 Å². The maximum absolute atomic E-state index is 5.93. The second kappa shape index (κ2) is 6.17. The van der Waals surface area contributed by atoms with Gasteiger partial charge in [-0.1, -0.05) is 22.9 Å². The van der Waals surface area contributed by atoms with Crippen molar-refractivity contribution in [2.24, 2.45) is 5.73 Å². The minimum absolute atomic E-state index is 0.0107. The van der Waals surface area contributed by atoms with E-state index in [2.05, 4.69) is 20.9 Å². The van der Waals surface area contributed by atoms with E-state index in [1.165, 1.54) is 0 Å². The second-order valence-corrected chi connectivity index (χ2v) is 5.36. The van der Waals surface area contributed by atoms with E-state index in [1.54, 1.807) is 6.20 Å². The van der Waals surface area contributed by atoms with Crippen LogP contribution >= 0.6 is 15.9 Å². The third kappa shape index (κ3) is 3.55. The summed E-state index contributed by atoms with van der Waals surface area (Å²) in [5.41, 5.74) is 7.89. The Kier molecular flexibility index (Phi) is 4.56. The van der Waals surface area contributed by atoms with E-state index < -0.39 is 0 Å². The molecule has 1 aromatic carbocycles. The molecule has 1 atom stereocenters. The molecule has 0 bridgehead atoms. The van der Waals surface area contributed by atoms with Crippen molar-refractivity contribution in [1.29, 1.82) is 0 Å². The SMILES string of the molecule is CC[C@H](N)c1ccc(Oc2ccc(Br)cc2C)cn1. The molecule has 2 N–H and O–H groups in total. The fraction of sp³-hybridized carbons (Fsp3) is 0.267. The summed E-state index contributed by atoms with van der Waals surface area (Å²) in [5, 5.41) is 0. The molecular formula is C15H17BrN2O. The molecule has 0 aliphatic rings. The molecule has 0 amide bonds. The molecule has 0 saturated heterocycles. The normalized spacial score (nSPS) is 12.2. The Balaban J connectivity index is 2.15. The van der Waals surface area contributed by atoms with Crippen molar-refractivity contribution in [2.75, 3.05) is 0 Å². The van der Waals surface area contributed by atoms with Crippen molar-refractivity contribution >= 4 is 15.9 Å². The zero-order valence-corrected chi connectivity index (χ0v) is 12.6. The summed E-state index contributed by atoms with van der Waals surface area (Å²) in [6.07, 6.45) is 2.59. The van der Waals surface area contributed by atoms with Crippen LogP contribution in [-0.2, 0) is 0 Å². The lowest BCUT2D eigenvalue weighted by molar-refractivity contribution is 0.475. The predicted molar refractivity (Wildman–Crippen MR) is 80.4 cm³/mol. The molecule has 0 unspecified atom stereocenters. The van der Waals surface area contributed by atoms with E-state index in [0.29, 0.717) is 0 Å². The maximum Gasteiger partial charge on any atom is 0.145 e. The van der Waals surface area contributed by atoms with Crippen molar-refractivity contribution in [3.8, 4) is 11.5 Å². The maximum atomic E-state index is 5.93. The summed E-state index contributed by atoms with van der Waals surface area (Å²) in [6, 6.07) is 9.71. The monoisotopic (exact) mass is 320 g/mol. The number of hydrogen-bond acceptors (Lipinski definition) is 3. The Morgan fingerprint density at radius 3 is 2.68 bits per heavy atom. The molecule has 1 heterocycles. The lowest BCUT2D eigenvalue weighted by Crippen LogP contribution is -2.10. The standard InChI is InChI=1S/C15H17BrN2O/c1-3-13(17)14-6-5-12(9-18-14)19-15-7-4-11(16)8-10(15)2/h4-9,13H,3,17H2,1-2H3/t13-/m0/s1. The Morgan fingerprint density at radius 2 is 2.11 bits per heavy atom. The van der Waals surface area contributed by atoms with Crippen LogP contribution in [0, 0.1) is 6.92 Å². The number of halogens is 1. The van der Waals surface area contributed by atoms with Gasteiger partial charge in [0, 0.05) is 10.5 Å². The summed E-state index contributed by atoms with van der Waals surface area (Å²) in [6.45, 7) is 4.05. The highest BCUT2D eigenvalue weighted by atomic mass is 79.9. The number of aryl methyl sites for hydroxylation is 1. The summed E-state index contributed by atoms with van der Waals surface area (Å²) >= 11 is 3.43. The van der Waals surface area contributed by atoms with E-state index in [1.807, 2.05) is 44.2 Å². The van der Waals surface area contributed by atoms with Crippen LogP contribution in [0.4, 0.5) is 0 Å². The van der Waals surface area contributed by atoms with Gasteiger partial charge in [-0.25, -0.2) is 0 Å². The van der Waals surface area contributed by atoms with Gasteiger partial charge in [0.15, 0.2) is 0 Å². The van der Waals surface area contributed by atoms with Crippen LogP contribution in [-0.4, -0.2) is 4.98 Å². The molecule has 0 spiro atoms. The average Bonchev–Trinajstić information content (AvgIpc) is 2.42. The average molecular weight is 321 g/mol. The molecule has 0 aliphatic heterocycles. The summed E-state index contributed by atoms with van der Waals surface area (Å²) in [7, 11) is 0. The van der Waals surface area contributed by atoms with Gasteiger partial charge < -0.3 is 10.5 Å². The van der Waals surface area contributed by atoms with Gasteiger partial charge in [0.2, 0.25) is 0 Å². The Morgan fingerprint density at radius 1 is 1.32 bits per heavy atom. The molecular weight excluding hydrogens is 304 g/mol. The molecule has 3 nitrogen and oxygen atoms in total. The number of benzene rings is 1. The van der Waals surface area contributed by atoms with Gasteiger partial charge in [-0.3, -0.25) is 4.98 Å². The van der Waals surface area contributed by atoms with Gasteiger partial charge in [0.1, 0.15) is 11.5 Å². The first-order valence-electron chi connectivity index (χ1n) is 6.25. The minimum atomic E-state index is -0.0107. The van der Waals surface area contributed by atoms with Gasteiger partial charge in [0.05, 0.1) is 11.9 Å². The van der Waals surface area contributed by atoms with Crippen molar-refractivity contribution in [3.63, 3.8) is 0 Å². The smallest absolute Gasteiger partial charge is 0.145 e. The largest absolute Gasteiger partial charge is 0.455 e. The van der Waals surface area contributed by atoms with Crippen molar-refractivity contribution in [2.45, 2.75) is 26.3 Å². The summed E-state index contributed by atoms with van der Waals surface area (Å²) in [5.74, 6) is 1.55. The van der Waals surface area contributed by atoms with Crippen LogP contribution in [0.25, 0.3) is 0 Å². The number of pyridine rings is 1. The zero-order valence-electron chi connectivity index (χ0n) is 11.1.